The summed E-state index contributed by atoms with van der Waals surface area (Å²) < 4.78 is 0. The molecule has 0 unspecified atom stereocenters. The molecular formula is C33H28N6O2. The standard InChI is InChI=1S/C33H28N6O2/c1-20-4-9-28-30(13-20)38-31(37-28)19-36-33(41)22-15-27-26(10-11-35-29(27)16-22)24-14-23(17-34-18-24)21-5-7-25(8-6-21)39-12-2-3-32(39)40/h4-11,13-15,17-18H,2-3,12,16,19H2,1H3,(H,36,41)(H,37,38). The van der Waals surface area contributed by atoms with E-state index in [1.807, 2.05) is 78.8 Å². The number of fused-ring (bicyclic) bond motifs is 2. The number of aromatic amines is 1. The third-order valence-corrected chi connectivity index (χ3v) is 7.78. The molecule has 8 heteroatoms. The van der Waals surface area contributed by atoms with Crippen LogP contribution in [-0.4, -0.2) is 38.3 Å². The highest BCUT2D eigenvalue weighted by molar-refractivity contribution is 6.01. The zero-order valence-electron chi connectivity index (χ0n) is 22.6. The lowest BCUT2D eigenvalue weighted by atomic mass is 9.98. The van der Waals surface area contributed by atoms with Crippen molar-refractivity contribution in [2.24, 2.45) is 0 Å². The minimum atomic E-state index is -0.131. The Labute approximate surface area is 237 Å². The first kappa shape index (κ1) is 24.9. The Bertz CT molecular complexity index is 1850. The van der Waals surface area contributed by atoms with E-state index in [2.05, 4.69) is 31.3 Å². The highest BCUT2D eigenvalue weighted by atomic mass is 16.2. The van der Waals surface area contributed by atoms with Crippen LogP contribution in [0.25, 0.3) is 39.4 Å². The fourth-order valence-electron chi connectivity index (χ4n) is 5.66. The van der Waals surface area contributed by atoms with Gasteiger partial charge in [0.25, 0.3) is 0 Å². The second-order valence-electron chi connectivity index (χ2n) is 10.6. The van der Waals surface area contributed by atoms with Gasteiger partial charge in [0.05, 0.1) is 23.3 Å². The van der Waals surface area contributed by atoms with E-state index in [0.29, 0.717) is 25.0 Å². The van der Waals surface area contributed by atoms with Crippen molar-refractivity contribution in [2.75, 3.05) is 11.4 Å². The van der Waals surface area contributed by atoms with Gasteiger partial charge in [-0.3, -0.25) is 19.6 Å². The fraction of sp³-hybridized carbons (Fsp3) is 0.182. The largest absolute Gasteiger partial charge is 0.345 e. The third-order valence-electron chi connectivity index (χ3n) is 7.78. The van der Waals surface area contributed by atoms with E-state index in [9.17, 15) is 9.59 Å². The number of pyridine rings is 2. The summed E-state index contributed by atoms with van der Waals surface area (Å²) in [5.41, 5.74) is 10.4. The first-order valence-corrected chi connectivity index (χ1v) is 13.8. The molecule has 2 aromatic carbocycles. The second kappa shape index (κ2) is 10.1. The van der Waals surface area contributed by atoms with Gasteiger partial charge in [-0.05, 0) is 72.5 Å². The molecule has 1 saturated heterocycles. The Morgan fingerprint density at radius 2 is 1.88 bits per heavy atom. The molecule has 2 N–H and O–H groups in total. The first-order valence-electron chi connectivity index (χ1n) is 13.8. The molecule has 0 radical (unpaired) electrons. The molecular weight excluding hydrogens is 512 g/mol. The summed E-state index contributed by atoms with van der Waals surface area (Å²) in [4.78, 5) is 44.0. The molecule has 5 aromatic rings. The summed E-state index contributed by atoms with van der Waals surface area (Å²) >= 11 is 0. The molecule has 0 spiro atoms. The van der Waals surface area contributed by atoms with E-state index < -0.39 is 0 Å². The number of amides is 2. The molecule has 8 nitrogen and oxygen atoms in total. The maximum Gasteiger partial charge on any atom is 0.247 e. The predicted molar refractivity (Wildman–Crippen MR) is 159 cm³/mol. The molecule has 2 aliphatic rings. The van der Waals surface area contributed by atoms with Gasteiger partial charge in [0.15, 0.2) is 0 Å². The third kappa shape index (κ3) is 4.78. The van der Waals surface area contributed by atoms with Crippen LogP contribution < -0.4 is 10.2 Å². The Balaban J connectivity index is 1.10. The van der Waals surface area contributed by atoms with Gasteiger partial charge >= 0.3 is 0 Å². The SMILES string of the molecule is Cc1ccc2nc(CNC(=O)C3=Cc4c(-c5cncc(-c6ccc(N7CCCC7=O)cc6)c5)ccnc4C3)[nH]c2c1. The van der Waals surface area contributed by atoms with Crippen LogP contribution in [0.2, 0.25) is 0 Å². The van der Waals surface area contributed by atoms with Crippen molar-refractivity contribution in [3.63, 3.8) is 0 Å². The van der Waals surface area contributed by atoms with E-state index >= 15 is 0 Å². The molecule has 3 aromatic heterocycles. The maximum absolute atomic E-state index is 13.1. The Hall–Kier alpha value is -5.11. The van der Waals surface area contributed by atoms with Crippen LogP contribution >= 0.6 is 0 Å². The number of benzene rings is 2. The lowest BCUT2D eigenvalue weighted by molar-refractivity contribution is -0.118. The highest BCUT2D eigenvalue weighted by Gasteiger charge is 2.23. The normalized spacial score (nSPS) is 14.4. The first-order chi connectivity index (χ1) is 20.0. The molecule has 41 heavy (non-hydrogen) atoms. The van der Waals surface area contributed by atoms with Gasteiger partial charge < -0.3 is 15.2 Å². The molecule has 202 valence electrons. The Morgan fingerprint density at radius 1 is 1.02 bits per heavy atom. The topological polar surface area (TPSA) is 104 Å². The Kier molecular flexibility index (Phi) is 6.15. The zero-order chi connectivity index (χ0) is 27.9. The number of anilines is 1. The van der Waals surface area contributed by atoms with Crippen LogP contribution in [-0.2, 0) is 22.6 Å². The highest BCUT2D eigenvalue weighted by Crippen LogP contribution is 2.34. The van der Waals surface area contributed by atoms with Crippen molar-refractivity contribution < 1.29 is 9.59 Å². The number of aromatic nitrogens is 4. The van der Waals surface area contributed by atoms with E-state index in [1.165, 1.54) is 0 Å². The molecule has 0 atom stereocenters. The van der Waals surface area contributed by atoms with Crippen molar-refractivity contribution >= 4 is 34.6 Å². The van der Waals surface area contributed by atoms with Crippen LogP contribution in [0, 0.1) is 6.92 Å². The quantitative estimate of drug-likeness (QED) is 0.301. The smallest absolute Gasteiger partial charge is 0.247 e. The number of nitrogens with one attached hydrogen (secondary N) is 2. The van der Waals surface area contributed by atoms with Crippen LogP contribution in [0.15, 0.2) is 78.8 Å². The van der Waals surface area contributed by atoms with Crippen molar-refractivity contribution in [3.8, 4) is 22.3 Å². The zero-order valence-corrected chi connectivity index (χ0v) is 22.6. The molecule has 0 saturated carbocycles. The van der Waals surface area contributed by atoms with Crippen LogP contribution in [0.1, 0.15) is 35.5 Å². The fourth-order valence-corrected chi connectivity index (χ4v) is 5.66. The predicted octanol–water partition coefficient (Wildman–Crippen LogP) is 5.38. The number of aryl methyl sites for hydroxylation is 1. The van der Waals surface area contributed by atoms with Gasteiger partial charge in [-0.2, -0.15) is 0 Å². The van der Waals surface area contributed by atoms with Gasteiger partial charge in [0.2, 0.25) is 11.8 Å². The maximum atomic E-state index is 13.1. The molecule has 4 heterocycles. The molecule has 2 amide bonds. The van der Waals surface area contributed by atoms with Gasteiger partial charge in [-0.15, -0.1) is 0 Å². The van der Waals surface area contributed by atoms with E-state index in [0.717, 1.165) is 74.6 Å². The molecule has 0 bridgehead atoms. The van der Waals surface area contributed by atoms with Gasteiger partial charge in [0.1, 0.15) is 5.82 Å². The van der Waals surface area contributed by atoms with Crippen LogP contribution in [0.4, 0.5) is 5.69 Å². The van der Waals surface area contributed by atoms with Crippen molar-refractivity contribution in [1.29, 1.82) is 0 Å². The molecule has 1 fully saturated rings. The minimum absolute atomic E-state index is 0.131. The van der Waals surface area contributed by atoms with E-state index in [1.54, 1.807) is 6.20 Å². The number of carbonyl (C=O) groups is 2. The Morgan fingerprint density at radius 3 is 2.71 bits per heavy atom. The number of rotatable bonds is 6. The number of H-pyrrole nitrogens is 1. The summed E-state index contributed by atoms with van der Waals surface area (Å²) in [7, 11) is 0. The lowest BCUT2D eigenvalue weighted by Gasteiger charge is -2.16. The monoisotopic (exact) mass is 540 g/mol. The summed E-state index contributed by atoms with van der Waals surface area (Å²) in [6, 6.07) is 18.2. The summed E-state index contributed by atoms with van der Waals surface area (Å²) in [5.74, 6) is 0.768. The summed E-state index contributed by atoms with van der Waals surface area (Å²) in [6.45, 7) is 3.13. The van der Waals surface area contributed by atoms with E-state index in [4.69, 9.17) is 0 Å². The molecule has 1 aliphatic heterocycles. The average Bonchev–Trinajstić information content (AvgIpc) is 3.73. The average molecular weight is 541 g/mol. The van der Waals surface area contributed by atoms with Gasteiger partial charge in [-0.1, -0.05) is 18.2 Å². The summed E-state index contributed by atoms with van der Waals surface area (Å²) in [5, 5.41) is 3.00. The van der Waals surface area contributed by atoms with Gasteiger partial charge in [0, 0.05) is 65.9 Å². The van der Waals surface area contributed by atoms with Crippen LogP contribution in [0.5, 0.6) is 0 Å². The van der Waals surface area contributed by atoms with Crippen molar-refractivity contribution in [1.82, 2.24) is 25.3 Å². The summed E-state index contributed by atoms with van der Waals surface area (Å²) in [6.07, 6.45) is 9.39. The van der Waals surface area contributed by atoms with Crippen molar-refractivity contribution in [3.05, 3.63) is 101 Å². The molecule has 7 rings (SSSR count). The van der Waals surface area contributed by atoms with Gasteiger partial charge in [-0.25, -0.2) is 4.98 Å². The second-order valence-corrected chi connectivity index (χ2v) is 10.6. The number of nitrogens with zero attached hydrogens (tertiary/aromatic N) is 4. The number of hydrogen-bond donors (Lipinski definition) is 2. The number of imidazole rings is 1. The lowest BCUT2D eigenvalue weighted by Crippen LogP contribution is -2.25. The minimum Gasteiger partial charge on any atom is -0.345 e. The van der Waals surface area contributed by atoms with Crippen LogP contribution in [0.3, 0.4) is 0 Å². The van der Waals surface area contributed by atoms with E-state index in [-0.39, 0.29) is 11.8 Å². The number of hydrogen-bond acceptors (Lipinski definition) is 5. The number of carbonyl (C=O) groups excluding carboxylic acids is 2. The molecule has 1 aliphatic carbocycles. The van der Waals surface area contributed by atoms with Crippen molar-refractivity contribution in [2.45, 2.75) is 32.7 Å².